The fraction of sp³-hybridized carbons (Fsp3) is 0.559. The van der Waals surface area contributed by atoms with Gasteiger partial charge in [0.2, 0.25) is 11.8 Å². The molecular formula is C34H46N4O4. The van der Waals surface area contributed by atoms with Gasteiger partial charge in [0.05, 0.1) is 19.1 Å². The molecular weight excluding hydrogens is 528 g/mol. The summed E-state index contributed by atoms with van der Waals surface area (Å²) in [6.07, 6.45) is 4.90. The van der Waals surface area contributed by atoms with Gasteiger partial charge < -0.3 is 25.2 Å². The molecule has 226 valence electrons. The molecule has 1 saturated carbocycles. The van der Waals surface area contributed by atoms with E-state index in [1.165, 1.54) is 0 Å². The molecule has 2 aliphatic heterocycles. The van der Waals surface area contributed by atoms with Gasteiger partial charge in [-0.15, -0.1) is 0 Å². The third-order valence-electron chi connectivity index (χ3n) is 9.40. The molecule has 2 saturated heterocycles. The van der Waals surface area contributed by atoms with Crippen molar-refractivity contribution in [3.63, 3.8) is 0 Å². The standard InChI is InChI=1S/C34H46N4O4/c1-5-38(34(41)26-8-6-7-9-26)31-20-27(25-10-12-28(13-11-25)37-14-16-42-17-15-37)19-29(24(31)4)32(39)35-21-30-22(2)18-23(3)36-33(30)40/h10-13,19-20,22-23,26,30H,5-9,14-18,21H2,1-4H3,(H,35,39)(H,36,40). The van der Waals surface area contributed by atoms with E-state index in [-0.39, 0.29) is 48.1 Å². The minimum absolute atomic E-state index is 0.00705. The van der Waals surface area contributed by atoms with E-state index < -0.39 is 0 Å². The zero-order valence-corrected chi connectivity index (χ0v) is 25.6. The van der Waals surface area contributed by atoms with Crippen molar-refractivity contribution >= 4 is 29.1 Å². The fourth-order valence-electron chi connectivity index (χ4n) is 6.89. The average molecular weight is 575 g/mol. The second-order valence-corrected chi connectivity index (χ2v) is 12.3. The molecule has 3 fully saturated rings. The van der Waals surface area contributed by atoms with Crippen LogP contribution in [0.25, 0.3) is 11.1 Å². The molecule has 42 heavy (non-hydrogen) atoms. The Hall–Kier alpha value is -3.39. The van der Waals surface area contributed by atoms with Gasteiger partial charge >= 0.3 is 0 Å². The van der Waals surface area contributed by atoms with Gasteiger partial charge in [0.15, 0.2) is 0 Å². The monoisotopic (exact) mass is 574 g/mol. The number of nitrogens with one attached hydrogen (secondary N) is 2. The van der Waals surface area contributed by atoms with Crippen molar-refractivity contribution in [2.45, 2.75) is 65.8 Å². The quantitative estimate of drug-likeness (QED) is 0.467. The molecule has 2 N–H and O–H groups in total. The van der Waals surface area contributed by atoms with E-state index in [1.807, 2.05) is 31.7 Å². The highest BCUT2D eigenvalue weighted by Gasteiger charge is 2.33. The zero-order valence-electron chi connectivity index (χ0n) is 25.6. The van der Waals surface area contributed by atoms with Crippen LogP contribution in [0.4, 0.5) is 11.4 Å². The van der Waals surface area contributed by atoms with Crippen LogP contribution < -0.4 is 20.4 Å². The molecule has 2 aromatic rings. The number of nitrogens with zero attached hydrogens (tertiary/aromatic N) is 2. The summed E-state index contributed by atoms with van der Waals surface area (Å²) >= 11 is 0. The second-order valence-electron chi connectivity index (χ2n) is 12.3. The highest BCUT2D eigenvalue weighted by Crippen LogP contribution is 2.35. The van der Waals surface area contributed by atoms with Crippen molar-refractivity contribution < 1.29 is 19.1 Å². The Morgan fingerprint density at radius 2 is 1.74 bits per heavy atom. The largest absolute Gasteiger partial charge is 0.378 e. The molecule has 2 heterocycles. The smallest absolute Gasteiger partial charge is 0.251 e. The van der Waals surface area contributed by atoms with Gasteiger partial charge in [0.1, 0.15) is 0 Å². The first kappa shape index (κ1) is 30.1. The van der Waals surface area contributed by atoms with Crippen LogP contribution >= 0.6 is 0 Å². The normalized spacial score (nSPS) is 23.0. The van der Waals surface area contributed by atoms with Crippen molar-refractivity contribution in [1.29, 1.82) is 0 Å². The Morgan fingerprint density at radius 1 is 1.05 bits per heavy atom. The van der Waals surface area contributed by atoms with Crippen molar-refractivity contribution in [3.05, 3.63) is 47.5 Å². The summed E-state index contributed by atoms with van der Waals surface area (Å²) in [5.74, 6) is -0.132. The molecule has 8 heteroatoms. The van der Waals surface area contributed by atoms with Gasteiger partial charge in [-0.05, 0) is 86.9 Å². The van der Waals surface area contributed by atoms with Crippen LogP contribution in [0, 0.1) is 24.7 Å². The van der Waals surface area contributed by atoms with E-state index in [9.17, 15) is 14.4 Å². The highest BCUT2D eigenvalue weighted by atomic mass is 16.5. The molecule has 3 aliphatic rings. The minimum atomic E-state index is -0.267. The van der Waals surface area contributed by atoms with Gasteiger partial charge in [-0.1, -0.05) is 31.9 Å². The molecule has 0 aromatic heterocycles. The van der Waals surface area contributed by atoms with E-state index in [2.05, 4.69) is 52.8 Å². The lowest BCUT2D eigenvalue weighted by Crippen LogP contribution is -2.50. The Bertz CT molecular complexity index is 1280. The molecule has 3 amide bonds. The van der Waals surface area contributed by atoms with Gasteiger partial charge in [0, 0.05) is 55.1 Å². The third kappa shape index (κ3) is 6.48. The highest BCUT2D eigenvalue weighted by molar-refractivity contribution is 6.02. The Morgan fingerprint density at radius 3 is 2.38 bits per heavy atom. The van der Waals surface area contributed by atoms with Gasteiger partial charge in [-0.2, -0.15) is 0 Å². The number of piperidine rings is 1. The number of hydrogen-bond acceptors (Lipinski definition) is 5. The SMILES string of the molecule is CCN(C(=O)C1CCCC1)c1cc(-c2ccc(N3CCOCC3)cc2)cc(C(=O)NCC2C(=O)NC(C)CC2C)c1C. The Balaban J connectivity index is 1.46. The van der Waals surface area contributed by atoms with Crippen LogP contribution in [-0.2, 0) is 14.3 Å². The summed E-state index contributed by atoms with van der Waals surface area (Å²) in [5.41, 5.74) is 5.13. The predicted octanol–water partition coefficient (Wildman–Crippen LogP) is 4.93. The number of ether oxygens (including phenoxy) is 1. The fourth-order valence-corrected chi connectivity index (χ4v) is 6.89. The molecule has 3 unspecified atom stereocenters. The van der Waals surface area contributed by atoms with E-state index in [1.54, 1.807) is 0 Å². The van der Waals surface area contributed by atoms with Crippen LogP contribution in [-0.4, -0.2) is 63.2 Å². The maximum absolute atomic E-state index is 13.8. The summed E-state index contributed by atoms with van der Waals surface area (Å²) in [6, 6.07) is 12.5. The first-order valence-electron chi connectivity index (χ1n) is 15.7. The zero-order chi connectivity index (χ0) is 29.8. The van der Waals surface area contributed by atoms with E-state index in [0.717, 1.165) is 86.5 Å². The third-order valence-corrected chi connectivity index (χ3v) is 9.40. The topological polar surface area (TPSA) is 91.0 Å². The van der Waals surface area contributed by atoms with Crippen molar-refractivity contribution in [2.75, 3.05) is 49.2 Å². The maximum Gasteiger partial charge on any atom is 0.251 e. The molecule has 0 bridgehead atoms. The lowest BCUT2D eigenvalue weighted by molar-refractivity contribution is -0.129. The molecule has 3 atom stereocenters. The number of rotatable bonds is 8. The van der Waals surface area contributed by atoms with Crippen LogP contribution in [0.15, 0.2) is 36.4 Å². The summed E-state index contributed by atoms with van der Waals surface area (Å²) < 4.78 is 5.50. The van der Waals surface area contributed by atoms with E-state index in [4.69, 9.17) is 4.74 Å². The first-order valence-corrected chi connectivity index (χ1v) is 15.7. The number of carbonyl (C=O) groups is 3. The van der Waals surface area contributed by atoms with Crippen molar-refractivity contribution in [1.82, 2.24) is 10.6 Å². The molecule has 0 radical (unpaired) electrons. The van der Waals surface area contributed by atoms with Crippen molar-refractivity contribution in [3.8, 4) is 11.1 Å². The molecule has 1 aliphatic carbocycles. The maximum atomic E-state index is 13.8. The second kappa shape index (κ2) is 13.3. The summed E-state index contributed by atoms with van der Waals surface area (Å²) in [5, 5.41) is 6.08. The van der Waals surface area contributed by atoms with Gasteiger partial charge in [-0.25, -0.2) is 0 Å². The number of benzene rings is 2. The molecule has 5 rings (SSSR count). The van der Waals surface area contributed by atoms with Crippen LogP contribution in [0.5, 0.6) is 0 Å². The lowest BCUT2D eigenvalue weighted by Gasteiger charge is -2.32. The number of carbonyl (C=O) groups excluding carboxylic acids is 3. The first-order chi connectivity index (χ1) is 20.3. The van der Waals surface area contributed by atoms with Crippen LogP contribution in [0.2, 0.25) is 0 Å². The average Bonchev–Trinajstić information content (AvgIpc) is 3.53. The predicted molar refractivity (Wildman–Crippen MR) is 167 cm³/mol. The van der Waals surface area contributed by atoms with E-state index in [0.29, 0.717) is 12.1 Å². The lowest BCUT2D eigenvalue weighted by atomic mass is 9.84. The minimum Gasteiger partial charge on any atom is -0.378 e. The number of amides is 3. The van der Waals surface area contributed by atoms with Gasteiger partial charge in [0.25, 0.3) is 5.91 Å². The van der Waals surface area contributed by atoms with Gasteiger partial charge in [-0.3, -0.25) is 14.4 Å². The van der Waals surface area contributed by atoms with Crippen molar-refractivity contribution in [2.24, 2.45) is 17.8 Å². The molecule has 0 spiro atoms. The summed E-state index contributed by atoms with van der Waals surface area (Å²) in [6.45, 7) is 12.0. The molecule has 8 nitrogen and oxygen atoms in total. The number of anilines is 2. The Kier molecular flexibility index (Phi) is 9.51. The van der Waals surface area contributed by atoms with Crippen LogP contribution in [0.3, 0.4) is 0 Å². The summed E-state index contributed by atoms with van der Waals surface area (Å²) in [7, 11) is 0. The van der Waals surface area contributed by atoms with E-state index >= 15 is 0 Å². The van der Waals surface area contributed by atoms with Crippen LogP contribution in [0.1, 0.15) is 68.8 Å². The number of hydrogen-bond donors (Lipinski definition) is 2. The molecule has 2 aromatic carbocycles. The summed E-state index contributed by atoms with van der Waals surface area (Å²) in [4.78, 5) is 44.3. The Labute approximate surface area is 250 Å². The number of morpholine rings is 1.